The number of amides is 1. The predicted molar refractivity (Wildman–Crippen MR) is 95.5 cm³/mol. The van der Waals surface area contributed by atoms with Crippen molar-refractivity contribution in [2.75, 3.05) is 0 Å². The number of aliphatic carboxylic acids is 1. The molecule has 2 aromatic rings. The van der Waals surface area contributed by atoms with Crippen LogP contribution in [0.5, 0.6) is 0 Å². The number of benzene rings is 1. The molecule has 1 aromatic carbocycles. The molecular weight excluding hydrogens is 330 g/mol. The molecule has 1 amide bonds. The number of hydrogen-bond donors (Lipinski definition) is 2. The number of carbonyl (C=O) groups excluding carboxylic acids is 1. The fourth-order valence-corrected chi connectivity index (χ4v) is 4.28. The van der Waals surface area contributed by atoms with Gasteiger partial charge in [0.05, 0.1) is 24.2 Å². The van der Waals surface area contributed by atoms with E-state index in [9.17, 15) is 14.7 Å². The summed E-state index contributed by atoms with van der Waals surface area (Å²) in [6, 6.07) is 7.67. The molecule has 2 aliphatic rings. The van der Waals surface area contributed by atoms with Crippen LogP contribution in [-0.2, 0) is 9.59 Å². The highest BCUT2D eigenvalue weighted by Crippen LogP contribution is 2.48. The zero-order chi connectivity index (χ0) is 18.3. The Hall–Kier alpha value is -2.89. The maximum Gasteiger partial charge on any atom is 0.307 e. The second-order valence-corrected chi connectivity index (χ2v) is 7.13. The van der Waals surface area contributed by atoms with Gasteiger partial charge in [0.1, 0.15) is 0 Å². The molecule has 4 rings (SSSR count). The summed E-state index contributed by atoms with van der Waals surface area (Å²) < 4.78 is 1.90. The van der Waals surface area contributed by atoms with Crippen molar-refractivity contribution in [1.82, 2.24) is 14.9 Å². The van der Waals surface area contributed by atoms with Crippen molar-refractivity contribution < 1.29 is 14.7 Å². The van der Waals surface area contributed by atoms with Crippen LogP contribution < -0.4 is 5.32 Å². The van der Waals surface area contributed by atoms with Crippen LogP contribution in [0.25, 0.3) is 5.69 Å². The van der Waals surface area contributed by atoms with Gasteiger partial charge < -0.3 is 15.0 Å². The van der Waals surface area contributed by atoms with Gasteiger partial charge in [0.2, 0.25) is 5.91 Å². The summed E-state index contributed by atoms with van der Waals surface area (Å²) in [6.07, 6.45) is 10.0. The number of nitrogens with one attached hydrogen (secondary N) is 1. The Morgan fingerprint density at radius 2 is 2.04 bits per heavy atom. The van der Waals surface area contributed by atoms with Crippen molar-refractivity contribution in [3.05, 3.63) is 60.7 Å². The zero-order valence-electron chi connectivity index (χ0n) is 14.4. The summed E-state index contributed by atoms with van der Waals surface area (Å²) in [6.45, 7) is 1.92. The quantitative estimate of drug-likeness (QED) is 0.811. The van der Waals surface area contributed by atoms with Crippen LogP contribution in [0.4, 0.5) is 0 Å². The zero-order valence-corrected chi connectivity index (χ0v) is 14.4. The molecule has 0 saturated heterocycles. The van der Waals surface area contributed by atoms with Crippen molar-refractivity contribution in [2.45, 2.75) is 19.4 Å². The van der Waals surface area contributed by atoms with Gasteiger partial charge in [-0.3, -0.25) is 9.59 Å². The summed E-state index contributed by atoms with van der Waals surface area (Å²) in [4.78, 5) is 28.5. The van der Waals surface area contributed by atoms with Gasteiger partial charge in [0, 0.05) is 18.1 Å². The van der Waals surface area contributed by atoms with E-state index in [1.54, 1.807) is 12.5 Å². The average Bonchev–Trinajstić information content (AvgIpc) is 3.37. The van der Waals surface area contributed by atoms with Crippen LogP contribution in [0.3, 0.4) is 0 Å². The largest absolute Gasteiger partial charge is 0.481 e. The predicted octanol–water partition coefficient (Wildman–Crippen LogP) is 2.57. The molecule has 2 aliphatic carbocycles. The van der Waals surface area contributed by atoms with E-state index in [0.29, 0.717) is 0 Å². The van der Waals surface area contributed by atoms with Crippen LogP contribution in [0.1, 0.15) is 24.9 Å². The first-order chi connectivity index (χ1) is 12.5. The summed E-state index contributed by atoms with van der Waals surface area (Å²) >= 11 is 0. The number of carbonyl (C=O) groups is 2. The normalized spacial score (nSPS) is 27.4. The molecule has 1 fully saturated rings. The Morgan fingerprint density at radius 1 is 1.27 bits per heavy atom. The molecule has 1 saturated carbocycles. The first-order valence-electron chi connectivity index (χ1n) is 8.84. The van der Waals surface area contributed by atoms with E-state index in [1.807, 2.05) is 54.1 Å². The van der Waals surface area contributed by atoms with Crippen LogP contribution >= 0.6 is 0 Å². The first kappa shape index (κ1) is 16.6. The number of imidazole rings is 1. The highest BCUT2D eigenvalue weighted by atomic mass is 16.4. The molecule has 0 radical (unpaired) electrons. The van der Waals surface area contributed by atoms with E-state index in [-0.39, 0.29) is 23.8 Å². The van der Waals surface area contributed by atoms with Crippen LogP contribution in [0.2, 0.25) is 0 Å². The molecule has 1 heterocycles. The van der Waals surface area contributed by atoms with Crippen molar-refractivity contribution in [2.24, 2.45) is 23.7 Å². The Kier molecular flexibility index (Phi) is 4.11. The van der Waals surface area contributed by atoms with Gasteiger partial charge >= 0.3 is 5.97 Å². The highest BCUT2D eigenvalue weighted by Gasteiger charge is 2.51. The second kappa shape index (κ2) is 6.44. The van der Waals surface area contributed by atoms with E-state index >= 15 is 0 Å². The standard InChI is InChI=1S/C20H21N3O3/c1-12(13-3-2-4-16(10-13)23-8-7-21-11-23)22-19(24)17-14-5-6-15(9-14)18(17)20(25)26/h2-8,10-12,14-15,17-18H,9H2,1H3,(H,22,24)(H,25,26). The number of nitrogens with zero attached hydrogens (tertiary/aromatic N) is 2. The minimum Gasteiger partial charge on any atom is -0.481 e. The molecule has 2 bridgehead atoms. The Labute approximate surface area is 151 Å². The topological polar surface area (TPSA) is 84.2 Å². The average molecular weight is 351 g/mol. The van der Waals surface area contributed by atoms with Crippen LogP contribution in [0, 0.1) is 23.7 Å². The number of carboxylic acid groups (broad SMARTS) is 1. The summed E-state index contributed by atoms with van der Waals surface area (Å²) in [5.74, 6) is -2.14. The van der Waals surface area contributed by atoms with Gasteiger partial charge in [0.25, 0.3) is 0 Å². The first-order valence-corrected chi connectivity index (χ1v) is 8.84. The lowest BCUT2D eigenvalue weighted by Crippen LogP contribution is -2.41. The fourth-order valence-electron chi connectivity index (χ4n) is 4.28. The molecular formula is C20H21N3O3. The smallest absolute Gasteiger partial charge is 0.307 e. The number of fused-ring (bicyclic) bond motifs is 2. The second-order valence-electron chi connectivity index (χ2n) is 7.13. The van der Waals surface area contributed by atoms with Gasteiger partial charge in [0.15, 0.2) is 0 Å². The minimum atomic E-state index is -0.878. The van der Waals surface area contributed by atoms with E-state index in [2.05, 4.69) is 10.3 Å². The number of allylic oxidation sites excluding steroid dienone is 2. The van der Waals surface area contributed by atoms with E-state index in [4.69, 9.17) is 0 Å². The molecule has 0 aliphatic heterocycles. The maximum atomic E-state index is 12.8. The van der Waals surface area contributed by atoms with Crippen molar-refractivity contribution in [3.63, 3.8) is 0 Å². The van der Waals surface area contributed by atoms with E-state index < -0.39 is 17.8 Å². The third kappa shape index (κ3) is 2.81. The van der Waals surface area contributed by atoms with Crippen LogP contribution in [0.15, 0.2) is 55.1 Å². The Morgan fingerprint density at radius 3 is 2.73 bits per heavy atom. The Bertz CT molecular complexity index is 859. The maximum absolute atomic E-state index is 12.8. The van der Waals surface area contributed by atoms with Crippen molar-refractivity contribution in [1.29, 1.82) is 0 Å². The summed E-state index contributed by atoms with van der Waals surface area (Å²) in [5.41, 5.74) is 1.93. The Balaban J connectivity index is 1.51. The molecule has 0 spiro atoms. The van der Waals surface area contributed by atoms with E-state index in [0.717, 1.165) is 17.7 Å². The molecule has 1 aromatic heterocycles. The van der Waals surface area contributed by atoms with E-state index in [1.165, 1.54) is 0 Å². The monoisotopic (exact) mass is 351 g/mol. The third-order valence-corrected chi connectivity index (χ3v) is 5.58. The van der Waals surface area contributed by atoms with Crippen LogP contribution in [-0.4, -0.2) is 26.5 Å². The third-order valence-electron chi connectivity index (χ3n) is 5.58. The number of rotatable bonds is 5. The van der Waals surface area contributed by atoms with Gasteiger partial charge in [-0.25, -0.2) is 4.98 Å². The molecule has 6 heteroatoms. The summed E-state index contributed by atoms with van der Waals surface area (Å²) in [7, 11) is 0. The SMILES string of the molecule is CC(NC(=O)C1C2C=CC(C2)C1C(=O)O)c1cccc(-n2ccnc2)c1. The molecule has 134 valence electrons. The van der Waals surface area contributed by atoms with Gasteiger partial charge in [-0.2, -0.15) is 0 Å². The highest BCUT2D eigenvalue weighted by molar-refractivity contribution is 5.87. The number of hydrogen-bond acceptors (Lipinski definition) is 3. The van der Waals surface area contributed by atoms with Crippen molar-refractivity contribution in [3.8, 4) is 5.69 Å². The lowest BCUT2D eigenvalue weighted by Gasteiger charge is -2.26. The van der Waals surface area contributed by atoms with Gasteiger partial charge in [-0.05, 0) is 42.9 Å². The minimum absolute atomic E-state index is 0.0203. The molecule has 5 atom stereocenters. The molecule has 2 N–H and O–H groups in total. The van der Waals surface area contributed by atoms with Gasteiger partial charge in [-0.15, -0.1) is 0 Å². The van der Waals surface area contributed by atoms with Gasteiger partial charge in [-0.1, -0.05) is 24.3 Å². The fraction of sp³-hybridized carbons (Fsp3) is 0.350. The lowest BCUT2D eigenvalue weighted by molar-refractivity contribution is -0.148. The summed E-state index contributed by atoms with van der Waals surface area (Å²) in [5, 5.41) is 12.5. The molecule has 26 heavy (non-hydrogen) atoms. The molecule has 5 unspecified atom stereocenters. The number of aromatic nitrogens is 2. The number of carboxylic acids is 1. The lowest BCUT2D eigenvalue weighted by atomic mass is 9.82. The molecule has 6 nitrogen and oxygen atoms in total. The van der Waals surface area contributed by atoms with Crippen molar-refractivity contribution >= 4 is 11.9 Å².